The zero-order chi connectivity index (χ0) is 27.5. The largest absolute Gasteiger partial charge is 0.417 e. The number of halogens is 3. The SMILES string of the molecule is C=C(c1nc(CCCNC(=O)c2cnn(C(C)(C)C)c2)cc2c(NC3CCNCC3)cccc12)C(F)(F)F. The fourth-order valence-corrected chi connectivity index (χ4v) is 4.51. The number of alkyl halides is 3. The Kier molecular flexibility index (Phi) is 8.10. The van der Waals surface area contributed by atoms with Crippen molar-refractivity contribution in [3.05, 3.63) is 60.2 Å². The van der Waals surface area contributed by atoms with Crippen molar-refractivity contribution in [1.29, 1.82) is 0 Å². The summed E-state index contributed by atoms with van der Waals surface area (Å²) in [4.78, 5) is 16.9. The van der Waals surface area contributed by atoms with Gasteiger partial charge in [0, 0.05) is 40.9 Å². The molecule has 1 fully saturated rings. The predicted octanol–water partition coefficient (Wildman–Crippen LogP) is 5.29. The number of carbonyl (C=O) groups is 1. The second kappa shape index (κ2) is 11.1. The van der Waals surface area contributed by atoms with E-state index in [4.69, 9.17) is 0 Å². The summed E-state index contributed by atoms with van der Waals surface area (Å²) >= 11 is 0. The van der Waals surface area contributed by atoms with Gasteiger partial charge in [-0.05, 0) is 71.7 Å². The van der Waals surface area contributed by atoms with E-state index < -0.39 is 11.7 Å². The first-order valence-corrected chi connectivity index (χ1v) is 12.9. The third kappa shape index (κ3) is 6.53. The average molecular weight is 529 g/mol. The van der Waals surface area contributed by atoms with E-state index >= 15 is 0 Å². The van der Waals surface area contributed by atoms with Crippen molar-refractivity contribution >= 4 is 27.9 Å². The van der Waals surface area contributed by atoms with Crippen LogP contribution in [-0.4, -0.2) is 52.5 Å². The molecular weight excluding hydrogens is 493 g/mol. The van der Waals surface area contributed by atoms with Crippen molar-refractivity contribution in [2.24, 2.45) is 0 Å². The summed E-state index contributed by atoms with van der Waals surface area (Å²) in [6, 6.07) is 7.39. The maximum absolute atomic E-state index is 13.7. The number of allylic oxidation sites excluding steroid dienone is 1. The van der Waals surface area contributed by atoms with E-state index in [1.165, 1.54) is 6.20 Å². The maximum atomic E-state index is 13.7. The van der Waals surface area contributed by atoms with Crippen molar-refractivity contribution in [1.82, 2.24) is 25.4 Å². The first-order chi connectivity index (χ1) is 17.9. The second-order valence-corrected chi connectivity index (χ2v) is 10.7. The molecule has 1 aliphatic heterocycles. The predicted molar refractivity (Wildman–Crippen MR) is 144 cm³/mol. The normalized spacial score (nSPS) is 15.0. The molecule has 1 aromatic carbocycles. The van der Waals surface area contributed by atoms with Crippen LogP contribution in [0.2, 0.25) is 0 Å². The van der Waals surface area contributed by atoms with E-state index in [1.807, 2.05) is 32.9 Å². The Labute approximate surface area is 220 Å². The molecule has 4 rings (SSSR count). The first kappa shape index (κ1) is 27.6. The fraction of sp³-hybridized carbons (Fsp3) is 0.464. The lowest BCUT2D eigenvalue weighted by Gasteiger charge is -2.26. The molecule has 204 valence electrons. The molecule has 38 heavy (non-hydrogen) atoms. The molecule has 0 saturated carbocycles. The minimum absolute atomic E-state index is 0.155. The van der Waals surface area contributed by atoms with Gasteiger partial charge in [0.1, 0.15) is 0 Å². The molecule has 2 aromatic heterocycles. The minimum Gasteiger partial charge on any atom is -0.382 e. The smallest absolute Gasteiger partial charge is 0.382 e. The molecular formula is C28H35F3N6O. The standard InChI is InChI=1S/C28H35F3N6O/c1-18(28(29,30)31)25-22-8-5-9-24(35-20-10-13-32-14-11-20)23(22)15-21(36-25)7-6-12-33-26(38)19-16-34-37(17-19)27(2,3)4/h5,8-9,15-17,20,32,35H,1,6-7,10-14H2,2-4H3,(H,33,38). The molecule has 3 N–H and O–H groups in total. The Morgan fingerprint density at radius 2 is 1.92 bits per heavy atom. The van der Waals surface area contributed by atoms with Gasteiger partial charge in [-0.3, -0.25) is 14.5 Å². The molecule has 3 aromatic rings. The van der Waals surface area contributed by atoms with Crippen LogP contribution in [-0.2, 0) is 12.0 Å². The number of aryl methyl sites for hydroxylation is 1. The van der Waals surface area contributed by atoms with Gasteiger partial charge < -0.3 is 16.0 Å². The Balaban J connectivity index is 1.52. The molecule has 0 atom stereocenters. The van der Waals surface area contributed by atoms with Crippen molar-refractivity contribution in [2.45, 2.75) is 64.2 Å². The number of anilines is 1. The number of amides is 1. The van der Waals surface area contributed by atoms with Gasteiger partial charge in [0.05, 0.1) is 28.6 Å². The van der Waals surface area contributed by atoms with Crippen molar-refractivity contribution in [2.75, 3.05) is 25.0 Å². The highest BCUT2D eigenvalue weighted by Crippen LogP contribution is 2.37. The van der Waals surface area contributed by atoms with Crippen LogP contribution in [0.15, 0.2) is 43.2 Å². The lowest BCUT2D eigenvalue weighted by Crippen LogP contribution is -2.35. The fourth-order valence-electron chi connectivity index (χ4n) is 4.51. The second-order valence-electron chi connectivity index (χ2n) is 10.7. The highest BCUT2D eigenvalue weighted by atomic mass is 19.4. The first-order valence-electron chi connectivity index (χ1n) is 12.9. The van der Waals surface area contributed by atoms with Gasteiger partial charge in [-0.25, -0.2) is 0 Å². The lowest BCUT2D eigenvalue weighted by molar-refractivity contribution is -0.0688. The van der Waals surface area contributed by atoms with Gasteiger partial charge >= 0.3 is 6.18 Å². The number of aromatic nitrogens is 3. The summed E-state index contributed by atoms with van der Waals surface area (Å²) in [6.45, 7) is 11.4. The van der Waals surface area contributed by atoms with Crippen molar-refractivity contribution in [3.8, 4) is 0 Å². The van der Waals surface area contributed by atoms with Gasteiger partial charge in [0.15, 0.2) is 0 Å². The molecule has 0 bridgehead atoms. The molecule has 1 amide bonds. The zero-order valence-electron chi connectivity index (χ0n) is 22.1. The molecule has 0 radical (unpaired) electrons. The molecule has 0 spiro atoms. The Morgan fingerprint density at radius 3 is 2.58 bits per heavy atom. The van der Waals surface area contributed by atoms with E-state index in [1.54, 1.807) is 23.0 Å². The number of pyridine rings is 1. The number of hydrogen-bond donors (Lipinski definition) is 3. The van der Waals surface area contributed by atoms with E-state index in [0.717, 1.165) is 31.6 Å². The van der Waals surface area contributed by atoms with Crippen LogP contribution in [0.3, 0.4) is 0 Å². The Hall–Kier alpha value is -3.40. The van der Waals surface area contributed by atoms with Crippen LogP contribution in [0, 0.1) is 0 Å². The summed E-state index contributed by atoms with van der Waals surface area (Å²) in [5.41, 5.74) is 0.414. The van der Waals surface area contributed by atoms with Crippen molar-refractivity contribution in [3.63, 3.8) is 0 Å². The highest BCUT2D eigenvalue weighted by molar-refractivity contribution is 6.00. The van der Waals surface area contributed by atoms with Gasteiger partial charge in [-0.15, -0.1) is 0 Å². The van der Waals surface area contributed by atoms with Crippen LogP contribution >= 0.6 is 0 Å². The lowest BCUT2D eigenvalue weighted by atomic mass is 9.99. The maximum Gasteiger partial charge on any atom is 0.417 e. The van der Waals surface area contributed by atoms with Crippen LogP contribution in [0.5, 0.6) is 0 Å². The number of nitrogens with one attached hydrogen (secondary N) is 3. The molecule has 7 nitrogen and oxygen atoms in total. The number of piperidine rings is 1. The average Bonchev–Trinajstić information content (AvgIpc) is 3.37. The number of hydrogen-bond acceptors (Lipinski definition) is 5. The summed E-state index contributed by atoms with van der Waals surface area (Å²) in [7, 11) is 0. The summed E-state index contributed by atoms with van der Waals surface area (Å²) in [5.74, 6) is -0.244. The molecule has 1 saturated heterocycles. The highest BCUT2D eigenvalue weighted by Gasteiger charge is 2.35. The van der Waals surface area contributed by atoms with E-state index in [0.29, 0.717) is 41.4 Å². The topological polar surface area (TPSA) is 83.9 Å². The van der Waals surface area contributed by atoms with Crippen LogP contribution in [0.25, 0.3) is 16.3 Å². The van der Waals surface area contributed by atoms with E-state index in [-0.39, 0.29) is 23.2 Å². The van der Waals surface area contributed by atoms with Gasteiger partial charge in [-0.1, -0.05) is 18.7 Å². The molecule has 3 heterocycles. The third-order valence-corrected chi connectivity index (χ3v) is 6.68. The number of benzene rings is 1. The van der Waals surface area contributed by atoms with E-state index in [9.17, 15) is 18.0 Å². The Morgan fingerprint density at radius 1 is 1.18 bits per heavy atom. The summed E-state index contributed by atoms with van der Waals surface area (Å²) < 4.78 is 42.8. The molecule has 1 aliphatic rings. The number of rotatable bonds is 8. The van der Waals surface area contributed by atoms with Crippen molar-refractivity contribution < 1.29 is 18.0 Å². The van der Waals surface area contributed by atoms with Crippen LogP contribution in [0.1, 0.15) is 61.8 Å². The Bertz CT molecular complexity index is 1300. The monoisotopic (exact) mass is 528 g/mol. The summed E-state index contributed by atoms with van der Waals surface area (Å²) in [6.07, 6.45) is 1.42. The summed E-state index contributed by atoms with van der Waals surface area (Å²) in [5, 5.41) is 15.1. The number of carbonyl (C=O) groups excluding carboxylic acids is 1. The minimum atomic E-state index is -4.59. The number of fused-ring (bicyclic) bond motifs is 1. The zero-order valence-corrected chi connectivity index (χ0v) is 22.1. The van der Waals surface area contributed by atoms with Gasteiger partial charge in [0.25, 0.3) is 5.91 Å². The molecule has 0 aliphatic carbocycles. The quantitative estimate of drug-likeness (QED) is 0.346. The molecule has 0 unspecified atom stereocenters. The van der Waals surface area contributed by atoms with Crippen LogP contribution in [0.4, 0.5) is 18.9 Å². The van der Waals surface area contributed by atoms with Crippen LogP contribution < -0.4 is 16.0 Å². The van der Waals surface area contributed by atoms with E-state index in [2.05, 4.69) is 32.6 Å². The third-order valence-electron chi connectivity index (χ3n) is 6.68. The number of nitrogens with zero attached hydrogens (tertiary/aromatic N) is 3. The molecule has 10 heteroatoms. The van der Waals surface area contributed by atoms with Gasteiger partial charge in [-0.2, -0.15) is 18.3 Å². The van der Waals surface area contributed by atoms with Gasteiger partial charge in [0.2, 0.25) is 0 Å².